The average molecular weight is 260 g/mol. The quantitative estimate of drug-likeness (QED) is 0.583. The zero-order chi connectivity index (χ0) is 6.08. The molecule has 7 heavy (non-hydrogen) atoms. The fraction of sp³-hybridized carbons (Fsp3) is 1.00. The summed E-state index contributed by atoms with van der Waals surface area (Å²) in [5.41, 5.74) is 0. The highest BCUT2D eigenvalue weighted by atomic mass is 79.9. The maximum Gasteiger partial charge on any atom is 0.425 e. The first-order chi connectivity index (χ1) is 2.94. The molecule has 0 atom stereocenters. The van der Waals surface area contributed by atoms with Crippen molar-refractivity contribution in [3.63, 3.8) is 0 Å². The molecule has 0 aromatic heterocycles. The van der Waals surface area contributed by atoms with Crippen molar-refractivity contribution in [2.24, 2.45) is 0 Å². The van der Waals surface area contributed by atoms with Crippen LogP contribution in [0.4, 0.5) is 13.2 Å². The molecule has 0 aliphatic carbocycles. The lowest BCUT2D eigenvalue weighted by atomic mass is 11.6. The second kappa shape index (κ2) is 2.65. The van der Waals surface area contributed by atoms with Crippen LogP contribution in [0.2, 0.25) is 0 Å². The molecular weight excluding hydrogens is 260 g/mol. The topological polar surface area (TPSA) is 0 Å². The Morgan fingerprint density at radius 2 is 1.29 bits per heavy atom. The predicted octanol–water partition coefficient (Wildman–Crippen LogP) is 3.61. The van der Waals surface area contributed by atoms with Crippen LogP contribution < -0.4 is 0 Å². The van der Waals surface area contributed by atoms with Gasteiger partial charge in [0.1, 0.15) is 5.33 Å². The molecule has 0 spiro atoms. The summed E-state index contributed by atoms with van der Waals surface area (Å²) >= 11 is 4.70. The minimum atomic E-state index is -4.10. The second-order valence-electron chi connectivity index (χ2n) is 0.701. The first-order valence-electron chi connectivity index (χ1n) is 1.13. The third-order valence-corrected chi connectivity index (χ3v) is 2.99. The Morgan fingerprint density at radius 1 is 1.14 bits per heavy atom. The van der Waals surface area contributed by atoms with E-state index in [9.17, 15) is 13.2 Å². The molecule has 0 rings (SSSR count). The van der Waals surface area contributed by atoms with E-state index in [0.717, 1.165) is 0 Å². The van der Waals surface area contributed by atoms with Crippen molar-refractivity contribution in [3.8, 4) is 0 Å². The van der Waals surface area contributed by atoms with Crippen LogP contribution in [0.15, 0.2) is 0 Å². The van der Waals surface area contributed by atoms with Crippen molar-refractivity contribution in [1.29, 1.82) is 0 Å². The summed E-state index contributed by atoms with van der Waals surface area (Å²) in [5, 5.41) is -2.12. The van der Waals surface area contributed by atoms with E-state index >= 15 is 0 Å². The smallest absolute Gasteiger partial charge is 0.165 e. The summed E-state index contributed by atoms with van der Waals surface area (Å²) in [6.07, 6.45) is 0. The molecule has 0 fully saturated rings. The van der Waals surface area contributed by atoms with E-state index < -0.39 is 11.2 Å². The normalized spacial score (nSPS) is 12.9. The highest BCUT2D eigenvalue weighted by molar-refractivity contribution is 9.69. The van der Waals surface area contributed by atoms with Crippen molar-refractivity contribution in [3.05, 3.63) is 0 Å². The Morgan fingerprint density at radius 3 is 1.29 bits per heavy atom. The van der Waals surface area contributed by atoms with Crippen molar-refractivity contribution in [2.45, 2.75) is 5.92 Å². The molecule has 0 unspecified atom stereocenters. The molecule has 0 N–H and O–H groups in total. The lowest BCUT2D eigenvalue weighted by Crippen LogP contribution is -1.95. The molecule has 0 aliphatic heterocycles. The average Bonchev–Trinajstić information content (AvgIpc) is 1.31. The van der Waals surface area contributed by atoms with Gasteiger partial charge in [-0.3, -0.25) is 0 Å². The SMILES string of the molecule is FC(F)(F)P(Br)Br. The summed E-state index contributed by atoms with van der Waals surface area (Å²) in [6.45, 7) is 0. The van der Waals surface area contributed by atoms with Gasteiger partial charge in [-0.2, -0.15) is 13.2 Å². The molecule has 0 saturated heterocycles. The van der Waals surface area contributed by atoms with Crippen molar-refractivity contribution in [2.75, 3.05) is 0 Å². The highest BCUT2D eigenvalue weighted by Gasteiger charge is 2.35. The maximum atomic E-state index is 11.1. The summed E-state index contributed by atoms with van der Waals surface area (Å²) in [4.78, 5) is 0. The van der Waals surface area contributed by atoms with Gasteiger partial charge in [0, 0.05) is 0 Å². The predicted molar refractivity (Wildman–Crippen MR) is 30.8 cm³/mol. The Balaban J connectivity index is 3.54. The maximum absolute atomic E-state index is 11.1. The van der Waals surface area contributed by atoms with Crippen LogP contribution in [-0.2, 0) is 0 Å². The van der Waals surface area contributed by atoms with Crippen molar-refractivity contribution in [1.82, 2.24) is 0 Å². The summed E-state index contributed by atoms with van der Waals surface area (Å²) in [7, 11) is 0. The molecule has 0 bridgehead atoms. The fourth-order valence-electron chi connectivity index (χ4n) is 0. The summed E-state index contributed by atoms with van der Waals surface area (Å²) in [6, 6.07) is 0. The standard InChI is InChI=1S/CBr2F3P/c2-7(3)1(4,5)6. The van der Waals surface area contributed by atoms with Crippen molar-refractivity contribution >= 4 is 36.3 Å². The van der Waals surface area contributed by atoms with E-state index in [-0.39, 0.29) is 0 Å². The van der Waals surface area contributed by atoms with Gasteiger partial charge in [-0.05, 0) is 31.0 Å². The van der Waals surface area contributed by atoms with Gasteiger partial charge in [-0.25, -0.2) is 0 Å². The van der Waals surface area contributed by atoms with Gasteiger partial charge in [0.25, 0.3) is 0 Å². The lowest BCUT2D eigenvalue weighted by Gasteiger charge is -2.03. The fourth-order valence-corrected chi connectivity index (χ4v) is 0. The number of hydrogen-bond donors (Lipinski definition) is 0. The van der Waals surface area contributed by atoms with E-state index in [1.807, 2.05) is 0 Å². The molecule has 0 radical (unpaired) electrons. The van der Waals surface area contributed by atoms with E-state index in [4.69, 9.17) is 0 Å². The zero-order valence-corrected chi connectivity index (χ0v) is 6.90. The van der Waals surface area contributed by atoms with Crippen LogP contribution >= 0.6 is 36.3 Å². The van der Waals surface area contributed by atoms with E-state index in [1.165, 1.54) is 0 Å². The summed E-state index contributed by atoms with van der Waals surface area (Å²) < 4.78 is 33.3. The molecule has 0 amide bonds. The molecule has 0 saturated carbocycles. The Hall–Kier alpha value is 1.18. The molecule has 6 heteroatoms. The Labute approximate surface area is 55.7 Å². The molecule has 0 nitrogen and oxygen atoms in total. The monoisotopic (exact) mass is 258 g/mol. The lowest BCUT2D eigenvalue weighted by molar-refractivity contribution is -0.0356. The number of hydrogen-bond acceptors (Lipinski definition) is 0. The van der Waals surface area contributed by atoms with Gasteiger partial charge in [0.2, 0.25) is 0 Å². The first-order valence-corrected chi connectivity index (χ1v) is 6.51. The highest BCUT2D eigenvalue weighted by Crippen LogP contribution is 2.65. The number of halogens is 5. The van der Waals surface area contributed by atoms with Crippen molar-refractivity contribution < 1.29 is 13.2 Å². The van der Waals surface area contributed by atoms with Gasteiger partial charge >= 0.3 is 5.92 Å². The van der Waals surface area contributed by atoms with Crippen LogP contribution in [-0.4, -0.2) is 5.92 Å². The third kappa shape index (κ3) is 3.74. The zero-order valence-electron chi connectivity index (χ0n) is 2.84. The van der Waals surface area contributed by atoms with Gasteiger partial charge in [0.05, 0.1) is 0 Å². The molecule has 44 valence electrons. The molecule has 0 heterocycles. The summed E-state index contributed by atoms with van der Waals surface area (Å²) in [5.74, 6) is -4.10. The Bertz CT molecular complexity index is 58.4. The molecular formula is CBr2F3P. The van der Waals surface area contributed by atoms with Crippen LogP contribution in [0.1, 0.15) is 0 Å². The van der Waals surface area contributed by atoms with Gasteiger partial charge in [-0.15, -0.1) is 0 Å². The molecule has 0 aliphatic rings. The minimum Gasteiger partial charge on any atom is -0.165 e. The van der Waals surface area contributed by atoms with E-state index in [0.29, 0.717) is 0 Å². The van der Waals surface area contributed by atoms with Crippen LogP contribution in [0.25, 0.3) is 0 Å². The van der Waals surface area contributed by atoms with E-state index in [2.05, 4.69) is 31.0 Å². The van der Waals surface area contributed by atoms with Gasteiger partial charge < -0.3 is 0 Å². The van der Waals surface area contributed by atoms with E-state index in [1.54, 1.807) is 0 Å². The first kappa shape index (κ1) is 8.18. The third-order valence-electron chi connectivity index (χ3n) is 0.192. The number of rotatable bonds is 0. The van der Waals surface area contributed by atoms with Gasteiger partial charge in [-0.1, -0.05) is 0 Å². The largest absolute Gasteiger partial charge is 0.425 e. The minimum absolute atomic E-state index is 2.12. The second-order valence-corrected chi connectivity index (χ2v) is 8.78. The van der Waals surface area contributed by atoms with Crippen LogP contribution in [0.3, 0.4) is 0 Å². The Kier molecular flexibility index (Phi) is 3.09. The molecule has 0 aromatic carbocycles. The van der Waals surface area contributed by atoms with Crippen LogP contribution in [0, 0.1) is 0 Å². The van der Waals surface area contributed by atoms with Gasteiger partial charge in [0.15, 0.2) is 0 Å². The van der Waals surface area contributed by atoms with Crippen LogP contribution in [0.5, 0.6) is 0 Å². The number of alkyl halides is 3. The molecule has 0 aromatic rings.